The third-order valence-electron chi connectivity index (χ3n) is 1.37. The molecule has 1 atom stereocenters. The van der Waals surface area contributed by atoms with Gasteiger partial charge in [-0.15, -0.1) is 10.2 Å². The van der Waals surface area contributed by atoms with Crippen molar-refractivity contribution in [1.82, 2.24) is 25.9 Å². The molecule has 0 aromatic carbocycles. The molecule has 1 aromatic heterocycles. The molecule has 0 saturated carbocycles. The van der Waals surface area contributed by atoms with E-state index in [2.05, 4.69) is 25.9 Å². The van der Waals surface area contributed by atoms with E-state index in [1.54, 1.807) is 0 Å². The van der Waals surface area contributed by atoms with Gasteiger partial charge in [0.05, 0.1) is 6.73 Å². The maximum Gasteiger partial charge on any atom is 0.204 e. The van der Waals surface area contributed by atoms with Crippen molar-refractivity contribution in [3.63, 3.8) is 0 Å². The summed E-state index contributed by atoms with van der Waals surface area (Å²) in [7, 11) is 0. The zero-order valence-corrected chi connectivity index (χ0v) is 5.24. The lowest BCUT2D eigenvalue weighted by Gasteiger charge is -1.98. The van der Waals surface area contributed by atoms with Gasteiger partial charge in [0, 0.05) is 6.54 Å². The zero-order valence-electron chi connectivity index (χ0n) is 5.24. The summed E-state index contributed by atoms with van der Waals surface area (Å²) in [5.74, 6) is 0.616. The van der Waals surface area contributed by atoms with Crippen LogP contribution in [-0.4, -0.2) is 33.9 Å². The van der Waals surface area contributed by atoms with E-state index in [0.29, 0.717) is 12.6 Å². The first-order chi connectivity index (χ1) is 4.97. The van der Waals surface area contributed by atoms with Crippen LogP contribution in [0.2, 0.25) is 0 Å². The van der Waals surface area contributed by atoms with Crippen molar-refractivity contribution in [2.45, 2.75) is 6.10 Å². The fraction of sp³-hybridized carbons (Fsp3) is 0.750. The Labute approximate surface area is 57.0 Å². The van der Waals surface area contributed by atoms with Gasteiger partial charge < -0.3 is 4.74 Å². The van der Waals surface area contributed by atoms with Crippen LogP contribution >= 0.6 is 0 Å². The van der Waals surface area contributed by atoms with Crippen molar-refractivity contribution in [2.24, 2.45) is 0 Å². The van der Waals surface area contributed by atoms with Gasteiger partial charge >= 0.3 is 0 Å². The van der Waals surface area contributed by atoms with Gasteiger partial charge in [0.2, 0.25) is 5.82 Å². The van der Waals surface area contributed by atoms with Gasteiger partial charge in [0.25, 0.3) is 0 Å². The van der Waals surface area contributed by atoms with Crippen LogP contribution in [0, 0.1) is 0 Å². The highest BCUT2D eigenvalue weighted by Crippen LogP contribution is 2.12. The lowest BCUT2D eigenvalue weighted by atomic mass is 10.3. The number of hydrogen-bond donors (Lipinski definition) is 2. The van der Waals surface area contributed by atoms with Crippen molar-refractivity contribution in [3.05, 3.63) is 5.82 Å². The Balaban J connectivity index is 2.12. The second kappa shape index (κ2) is 2.31. The second-order valence-electron chi connectivity index (χ2n) is 2.02. The summed E-state index contributed by atoms with van der Waals surface area (Å²) < 4.78 is 5.20. The summed E-state index contributed by atoms with van der Waals surface area (Å²) in [5, 5.41) is 16.4. The fourth-order valence-electron chi connectivity index (χ4n) is 0.880. The Morgan fingerprint density at radius 1 is 1.60 bits per heavy atom. The van der Waals surface area contributed by atoms with Gasteiger partial charge in [0.1, 0.15) is 6.10 Å². The molecular formula is C4H7N5O. The maximum absolute atomic E-state index is 5.20. The van der Waals surface area contributed by atoms with Gasteiger partial charge in [0.15, 0.2) is 0 Å². The zero-order chi connectivity index (χ0) is 6.81. The average Bonchev–Trinajstić information content (AvgIpc) is 2.59. The molecule has 0 bridgehead atoms. The van der Waals surface area contributed by atoms with Gasteiger partial charge in [-0.05, 0) is 0 Å². The Hall–Kier alpha value is -1.01. The summed E-state index contributed by atoms with van der Waals surface area (Å²) in [4.78, 5) is 0. The number of aromatic nitrogens is 4. The fourth-order valence-corrected chi connectivity index (χ4v) is 0.880. The monoisotopic (exact) mass is 141 g/mol. The number of aromatic amines is 1. The van der Waals surface area contributed by atoms with Crippen molar-refractivity contribution in [2.75, 3.05) is 13.3 Å². The molecule has 6 nitrogen and oxygen atoms in total. The number of tetrazole rings is 1. The highest BCUT2D eigenvalue weighted by atomic mass is 16.5. The van der Waals surface area contributed by atoms with Crippen LogP contribution in [0.4, 0.5) is 0 Å². The minimum absolute atomic E-state index is 0.0289. The Bertz CT molecular complexity index is 191. The quantitative estimate of drug-likeness (QED) is 0.514. The molecule has 0 unspecified atom stereocenters. The van der Waals surface area contributed by atoms with Gasteiger partial charge in [-0.3, -0.25) is 5.32 Å². The standard InChI is InChI=1S/C4H7N5O/c1-3(10-2-5-1)4-6-8-9-7-4/h3,5H,1-2H2,(H,6,7,8,9)/t3-/m1/s1. The predicted octanol–water partition coefficient (Wildman–Crippen LogP) is -1.18. The van der Waals surface area contributed by atoms with E-state index in [1.165, 1.54) is 0 Å². The van der Waals surface area contributed by atoms with Gasteiger partial charge in [-0.25, -0.2) is 0 Å². The van der Waals surface area contributed by atoms with Crippen LogP contribution in [0.15, 0.2) is 0 Å². The summed E-state index contributed by atoms with van der Waals surface area (Å²) >= 11 is 0. The summed E-state index contributed by atoms with van der Waals surface area (Å²) in [6.07, 6.45) is -0.0289. The van der Waals surface area contributed by atoms with E-state index in [9.17, 15) is 0 Å². The molecule has 6 heteroatoms. The molecule has 1 aliphatic heterocycles. The van der Waals surface area contributed by atoms with Crippen LogP contribution in [0.1, 0.15) is 11.9 Å². The van der Waals surface area contributed by atoms with Gasteiger partial charge in [-0.2, -0.15) is 5.21 Å². The molecule has 1 fully saturated rings. The highest BCUT2D eigenvalue weighted by Gasteiger charge is 2.20. The van der Waals surface area contributed by atoms with E-state index in [4.69, 9.17) is 4.74 Å². The minimum atomic E-state index is -0.0289. The molecule has 0 radical (unpaired) electrons. The first-order valence-electron chi connectivity index (χ1n) is 3.02. The average molecular weight is 141 g/mol. The molecule has 1 aliphatic rings. The normalized spacial score (nSPS) is 25.4. The molecule has 0 spiro atoms. The van der Waals surface area contributed by atoms with E-state index in [-0.39, 0.29) is 6.10 Å². The topological polar surface area (TPSA) is 75.7 Å². The summed E-state index contributed by atoms with van der Waals surface area (Å²) in [5.41, 5.74) is 0. The van der Waals surface area contributed by atoms with Crippen LogP contribution in [0.5, 0.6) is 0 Å². The molecule has 2 N–H and O–H groups in total. The van der Waals surface area contributed by atoms with Crippen LogP contribution in [-0.2, 0) is 4.74 Å². The van der Waals surface area contributed by atoms with E-state index < -0.39 is 0 Å². The molecule has 2 rings (SSSR count). The number of nitrogens with zero attached hydrogens (tertiary/aromatic N) is 3. The number of hydrogen-bond acceptors (Lipinski definition) is 5. The van der Waals surface area contributed by atoms with Crippen LogP contribution in [0.3, 0.4) is 0 Å². The second-order valence-corrected chi connectivity index (χ2v) is 2.02. The third-order valence-corrected chi connectivity index (χ3v) is 1.37. The Morgan fingerprint density at radius 3 is 3.20 bits per heavy atom. The molecule has 2 heterocycles. The lowest BCUT2D eigenvalue weighted by Crippen LogP contribution is -2.08. The van der Waals surface area contributed by atoms with Crippen molar-refractivity contribution >= 4 is 0 Å². The van der Waals surface area contributed by atoms with E-state index in [1.807, 2.05) is 0 Å². The Kier molecular flexibility index (Phi) is 1.33. The summed E-state index contributed by atoms with van der Waals surface area (Å²) in [6.45, 7) is 1.33. The molecule has 0 amide bonds. The molecule has 10 heavy (non-hydrogen) atoms. The molecule has 1 saturated heterocycles. The first kappa shape index (κ1) is 5.75. The number of ether oxygens (including phenoxy) is 1. The number of rotatable bonds is 1. The highest BCUT2D eigenvalue weighted by molar-refractivity contribution is 4.87. The van der Waals surface area contributed by atoms with Crippen LogP contribution < -0.4 is 5.32 Å². The molecule has 0 aliphatic carbocycles. The van der Waals surface area contributed by atoms with Crippen molar-refractivity contribution < 1.29 is 4.74 Å². The smallest absolute Gasteiger partial charge is 0.204 e. The SMILES string of the molecule is C1NC[C@H](c2nn[nH]n2)O1. The predicted molar refractivity (Wildman–Crippen MR) is 30.9 cm³/mol. The van der Waals surface area contributed by atoms with Crippen molar-refractivity contribution in [3.8, 4) is 0 Å². The maximum atomic E-state index is 5.20. The number of H-pyrrole nitrogens is 1. The van der Waals surface area contributed by atoms with E-state index >= 15 is 0 Å². The first-order valence-corrected chi connectivity index (χ1v) is 3.02. The van der Waals surface area contributed by atoms with Crippen LogP contribution in [0.25, 0.3) is 0 Å². The lowest BCUT2D eigenvalue weighted by molar-refractivity contribution is 0.108. The molecule has 54 valence electrons. The molecular weight excluding hydrogens is 134 g/mol. The summed E-state index contributed by atoms with van der Waals surface area (Å²) in [6, 6.07) is 0. The van der Waals surface area contributed by atoms with Gasteiger partial charge in [-0.1, -0.05) is 5.21 Å². The number of nitrogens with one attached hydrogen (secondary N) is 2. The Morgan fingerprint density at radius 2 is 2.60 bits per heavy atom. The van der Waals surface area contributed by atoms with E-state index in [0.717, 1.165) is 6.54 Å². The third kappa shape index (κ3) is 0.869. The largest absolute Gasteiger partial charge is 0.354 e. The molecule has 1 aromatic rings. The minimum Gasteiger partial charge on any atom is -0.354 e. The van der Waals surface area contributed by atoms with Crippen molar-refractivity contribution in [1.29, 1.82) is 0 Å².